The van der Waals surface area contributed by atoms with Crippen LogP contribution in [0.2, 0.25) is 0 Å². The molecule has 2 nitrogen and oxygen atoms in total. The SMILES string of the molecule is OB(O)c1ccccc1/C=C/Br. The van der Waals surface area contributed by atoms with Crippen LogP contribution in [-0.2, 0) is 0 Å². The molecule has 0 bridgehead atoms. The van der Waals surface area contributed by atoms with Gasteiger partial charge < -0.3 is 10.0 Å². The minimum atomic E-state index is -1.41. The Morgan fingerprint density at radius 3 is 2.50 bits per heavy atom. The van der Waals surface area contributed by atoms with Gasteiger partial charge in [0.05, 0.1) is 0 Å². The highest BCUT2D eigenvalue weighted by Crippen LogP contribution is 2.01. The standard InChI is InChI=1S/C8H8BBrO2/c10-6-5-7-3-1-2-4-8(7)9(11)12/h1-6,11-12H/b6-5+. The van der Waals surface area contributed by atoms with Crippen LogP contribution in [0.15, 0.2) is 29.3 Å². The van der Waals surface area contributed by atoms with Crippen molar-refractivity contribution < 1.29 is 10.0 Å². The molecule has 0 amide bonds. The number of hydrogen-bond donors (Lipinski definition) is 2. The second-order valence-corrected chi connectivity index (χ2v) is 2.82. The summed E-state index contributed by atoms with van der Waals surface area (Å²) < 4.78 is 0. The number of hydrogen-bond acceptors (Lipinski definition) is 2. The Morgan fingerprint density at radius 1 is 1.25 bits per heavy atom. The zero-order valence-corrected chi connectivity index (χ0v) is 7.90. The lowest BCUT2D eigenvalue weighted by Crippen LogP contribution is -2.31. The van der Waals surface area contributed by atoms with Crippen LogP contribution in [0.4, 0.5) is 0 Å². The number of rotatable bonds is 2. The second kappa shape index (κ2) is 4.45. The molecular weight excluding hydrogens is 219 g/mol. The Balaban J connectivity index is 3.08. The molecule has 0 fully saturated rings. The molecule has 0 aliphatic rings. The summed E-state index contributed by atoms with van der Waals surface area (Å²) in [6, 6.07) is 7.09. The van der Waals surface area contributed by atoms with E-state index in [2.05, 4.69) is 15.9 Å². The number of halogens is 1. The molecule has 0 spiro atoms. The topological polar surface area (TPSA) is 40.5 Å². The van der Waals surface area contributed by atoms with Crippen LogP contribution < -0.4 is 5.46 Å². The highest BCUT2D eigenvalue weighted by molar-refractivity contribution is 9.11. The van der Waals surface area contributed by atoms with E-state index >= 15 is 0 Å². The first-order valence-corrected chi connectivity index (χ1v) is 4.39. The molecule has 1 aromatic rings. The lowest BCUT2D eigenvalue weighted by Gasteiger charge is -2.02. The van der Waals surface area contributed by atoms with Crippen LogP contribution in [0.3, 0.4) is 0 Å². The molecule has 0 aromatic heterocycles. The maximum atomic E-state index is 8.94. The van der Waals surface area contributed by atoms with E-state index in [0.717, 1.165) is 5.56 Å². The molecule has 4 heteroatoms. The fourth-order valence-corrected chi connectivity index (χ4v) is 1.25. The van der Waals surface area contributed by atoms with Crippen LogP contribution in [0.1, 0.15) is 5.56 Å². The lowest BCUT2D eigenvalue weighted by molar-refractivity contribution is 0.425. The molecule has 0 radical (unpaired) electrons. The summed E-state index contributed by atoms with van der Waals surface area (Å²) in [6.45, 7) is 0. The molecule has 0 saturated heterocycles. The minimum Gasteiger partial charge on any atom is -0.423 e. The van der Waals surface area contributed by atoms with Crippen molar-refractivity contribution >= 4 is 34.6 Å². The molecule has 12 heavy (non-hydrogen) atoms. The predicted molar refractivity (Wildman–Crippen MR) is 54.2 cm³/mol. The van der Waals surface area contributed by atoms with Gasteiger partial charge in [0.25, 0.3) is 0 Å². The van der Waals surface area contributed by atoms with E-state index in [1.165, 1.54) is 0 Å². The van der Waals surface area contributed by atoms with Gasteiger partial charge in [-0.25, -0.2) is 0 Å². The summed E-state index contributed by atoms with van der Waals surface area (Å²) in [4.78, 5) is 1.67. The smallest absolute Gasteiger partial charge is 0.423 e. The summed E-state index contributed by atoms with van der Waals surface area (Å²) in [5.74, 6) is 0. The maximum absolute atomic E-state index is 8.94. The Labute approximate surface area is 79.8 Å². The maximum Gasteiger partial charge on any atom is 0.489 e. The van der Waals surface area contributed by atoms with Crippen LogP contribution in [0, 0.1) is 0 Å². The van der Waals surface area contributed by atoms with Gasteiger partial charge in [-0.05, 0) is 22.1 Å². The molecule has 62 valence electrons. The average molecular weight is 227 g/mol. The van der Waals surface area contributed by atoms with Crippen LogP contribution in [0.5, 0.6) is 0 Å². The van der Waals surface area contributed by atoms with Gasteiger partial charge in [0.2, 0.25) is 0 Å². The Kier molecular flexibility index (Phi) is 3.53. The fourth-order valence-electron chi connectivity index (χ4n) is 0.966. The largest absolute Gasteiger partial charge is 0.489 e. The monoisotopic (exact) mass is 226 g/mol. The van der Waals surface area contributed by atoms with Crippen molar-refractivity contribution in [1.29, 1.82) is 0 Å². The molecule has 0 aliphatic heterocycles. The van der Waals surface area contributed by atoms with Crippen molar-refractivity contribution in [1.82, 2.24) is 0 Å². The molecule has 0 atom stereocenters. The molecular formula is C8H8BBrO2. The van der Waals surface area contributed by atoms with Crippen LogP contribution in [0.25, 0.3) is 6.08 Å². The van der Waals surface area contributed by atoms with Crippen molar-refractivity contribution in [3.05, 3.63) is 34.8 Å². The fraction of sp³-hybridized carbons (Fsp3) is 0. The van der Waals surface area contributed by atoms with Crippen LogP contribution in [-0.4, -0.2) is 17.2 Å². The quantitative estimate of drug-likeness (QED) is 0.731. The van der Waals surface area contributed by atoms with Gasteiger partial charge in [-0.15, -0.1) is 0 Å². The summed E-state index contributed by atoms with van der Waals surface area (Å²) in [7, 11) is -1.41. The average Bonchev–Trinajstić information content (AvgIpc) is 2.05. The Hall–Kier alpha value is -0.575. The Bertz CT molecular complexity index is 286. The first kappa shape index (κ1) is 9.51. The minimum absolute atomic E-state index is 0.508. The van der Waals surface area contributed by atoms with Gasteiger partial charge in [0, 0.05) is 0 Å². The van der Waals surface area contributed by atoms with E-state index in [-0.39, 0.29) is 0 Å². The van der Waals surface area contributed by atoms with Crippen molar-refractivity contribution in [2.24, 2.45) is 0 Å². The zero-order valence-electron chi connectivity index (χ0n) is 6.31. The summed E-state index contributed by atoms with van der Waals surface area (Å²) >= 11 is 3.13. The van der Waals surface area contributed by atoms with Gasteiger partial charge in [-0.2, -0.15) is 0 Å². The third-order valence-electron chi connectivity index (χ3n) is 1.52. The third kappa shape index (κ3) is 2.20. The summed E-state index contributed by atoms with van der Waals surface area (Å²) in [5, 5.41) is 17.9. The highest BCUT2D eigenvalue weighted by Gasteiger charge is 2.12. The summed E-state index contributed by atoms with van der Waals surface area (Å²) in [6.07, 6.45) is 1.76. The highest BCUT2D eigenvalue weighted by atomic mass is 79.9. The zero-order chi connectivity index (χ0) is 8.97. The van der Waals surface area contributed by atoms with Gasteiger partial charge in [-0.3, -0.25) is 0 Å². The van der Waals surface area contributed by atoms with Gasteiger partial charge in [-0.1, -0.05) is 40.2 Å². The predicted octanol–water partition coefficient (Wildman–Crippen LogP) is 0.732. The van der Waals surface area contributed by atoms with Crippen molar-refractivity contribution in [3.8, 4) is 0 Å². The lowest BCUT2D eigenvalue weighted by atomic mass is 9.77. The number of benzene rings is 1. The Morgan fingerprint density at radius 2 is 1.92 bits per heavy atom. The molecule has 0 saturated carbocycles. The first-order chi connectivity index (χ1) is 5.75. The molecule has 1 aromatic carbocycles. The van der Waals surface area contributed by atoms with Crippen LogP contribution >= 0.6 is 15.9 Å². The molecule has 0 heterocycles. The van der Waals surface area contributed by atoms with Gasteiger partial charge in [0.15, 0.2) is 0 Å². The van der Waals surface area contributed by atoms with Crippen molar-refractivity contribution in [2.75, 3.05) is 0 Å². The van der Waals surface area contributed by atoms with E-state index in [0.29, 0.717) is 5.46 Å². The third-order valence-corrected chi connectivity index (χ3v) is 1.78. The van der Waals surface area contributed by atoms with E-state index in [1.54, 1.807) is 23.2 Å². The van der Waals surface area contributed by atoms with E-state index in [1.807, 2.05) is 12.1 Å². The summed E-state index contributed by atoms with van der Waals surface area (Å²) in [5.41, 5.74) is 1.30. The van der Waals surface area contributed by atoms with E-state index in [4.69, 9.17) is 10.0 Å². The molecule has 0 aliphatic carbocycles. The second-order valence-electron chi connectivity index (χ2n) is 2.30. The molecule has 1 rings (SSSR count). The van der Waals surface area contributed by atoms with Gasteiger partial charge in [0.1, 0.15) is 0 Å². The van der Waals surface area contributed by atoms with E-state index < -0.39 is 7.12 Å². The van der Waals surface area contributed by atoms with E-state index in [9.17, 15) is 0 Å². The van der Waals surface area contributed by atoms with Crippen molar-refractivity contribution in [3.63, 3.8) is 0 Å². The normalized spacial score (nSPS) is 10.6. The first-order valence-electron chi connectivity index (χ1n) is 3.47. The van der Waals surface area contributed by atoms with Gasteiger partial charge >= 0.3 is 7.12 Å². The van der Waals surface area contributed by atoms with Crippen molar-refractivity contribution in [2.45, 2.75) is 0 Å². The molecule has 0 unspecified atom stereocenters. The molecule has 2 N–H and O–H groups in total.